The molecule has 0 bridgehead atoms. The van der Waals surface area contributed by atoms with Gasteiger partial charge in [0.15, 0.2) is 0 Å². The Morgan fingerprint density at radius 2 is 1.84 bits per heavy atom. The molecule has 3 nitrogen and oxygen atoms in total. The molecule has 0 radical (unpaired) electrons. The van der Waals surface area contributed by atoms with Crippen molar-refractivity contribution in [2.75, 3.05) is 6.54 Å². The number of nitrogens with zero attached hydrogens (tertiary/aromatic N) is 1. The molecule has 0 aromatic heterocycles. The van der Waals surface area contributed by atoms with E-state index in [9.17, 15) is 9.59 Å². The van der Waals surface area contributed by atoms with Crippen molar-refractivity contribution in [2.24, 2.45) is 5.41 Å². The molecule has 1 heterocycles. The van der Waals surface area contributed by atoms with Crippen LogP contribution in [0.25, 0.3) is 0 Å². The molecule has 1 saturated heterocycles. The maximum absolute atomic E-state index is 12.4. The van der Waals surface area contributed by atoms with Gasteiger partial charge < -0.3 is 4.90 Å². The fourth-order valence-electron chi connectivity index (χ4n) is 2.53. The van der Waals surface area contributed by atoms with E-state index in [1.165, 1.54) is 5.56 Å². The topological polar surface area (TPSA) is 37.4 Å². The molecule has 1 amide bonds. The monoisotopic (exact) mass is 259 g/mol. The molecule has 1 fully saturated rings. The Morgan fingerprint density at radius 1 is 1.21 bits per heavy atom. The van der Waals surface area contributed by atoms with Crippen LogP contribution >= 0.6 is 0 Å². The normalized spacial score (nSPS) is 22.7. The van der Waals surface area contributed by atoms with Crippen molar-refractivity contribution < 1.29 is 9.59 Å². The van der Waals surface area contributed by atoms with Crippen LogP contribution in [0.5, 0.6) is 0 Å². The van der Waals surface area contributed by atoms with Gasteiger partial charge in [-0.3, -0.25) is 9.59 Å². The molecule has 1 aromatic carbocycles. The average molecular weight is 259 g/mol. The van der Waals surface area contributed by atoms with Gasteiger partial charge >= 0.3 is 0 Å². The van der Waals surface area contributed by atoms with Gasteiger partial charge in [0, 0.05) is 19.0 Å². The summed E-state index contributed by atoms with van der Waals surface area (Å²) >= 11 is 0. The zero-order valence-electron chi connectivity index (χ0n) is 11.8. The number of benzene rings is 1. The van der Waals surface area contributed by atoms with E-state index in [4.69, 9.17) is 0 Å². The number of hydrogen-bond acceptors (Lipinski definition) is 2. The molecule has 0 saturated carbocycles. The Kier molecular flexibility index (Phi) is 3.74. The molecular weight excluding hydrogens is 238 g/mol. The van der Waals surface area contributed by atoms with Crippen LogP contribution in [0.4, 0.5) is 0 Å². The van der Waals surface area contributed by atoms with Gasteiger partial charge in [-0.15, -0.1) is 0 Å². The molecule has 3 heteroatoms. The molecular formula is C16H21NO2. The predicted molar refractivity (Wildman–Crippen MR) is 74.7 cm³/mol. The number of ketones is 1. The molecule has 1 unspecified atom stereocenters. The first-order valence-electron chi connectivity index (χ1n) is 6.81. The molecule has 2 rings (SSSR count). The second-order valence-corrected chi connectivity index (χ2v) is 5.84. The molecule has 0 spiro atoms. The highest BCUT2D eigenvalue weighted by Crippen LogP contribution is 2.30. The van der Waals surface area contributed by atoms with Crippen LogP contribution in [0.3, 0.4) is 0 Å². The van der Waals surface area contributed by atoms with Crippen LogP contribution in [0.1, 0.15) is 32.8 Å². The van der Waals surface area contributed by atoms with Gasteiger partial charge in [-0.05, 0) is 32.8 Å². The summed E-state index contributed by atoms with van der Waals surface area (Å²) in [5.74, 6) is 0.0214. The molecule has 0 aliphatic carbocycles. The molecule has 1 aliphatic rings. The summed E-state index contributed by atoms with van der Waals surface area (Å²) in [7, 11) is 0. The van der Waals surface area contributed by atoms with Crippen molar-refractivity contribution in [1.29, 1.82) is 0 Å². The fourth-order valence-corrected chi connectivity index (χ4v) is 2.53. The van der Waals surface area contributed by atoms with E-state index < -0.39 is 5.41 Å². The van der Waals surface area contributed by atoms with E-state index in [0.29, 0.717) is 13.0 Å². The molecule has 1 aromatic rings. The standard InChI is InChI=1S/C16H21NO2/c1-12-11-14(18)16(2,3)15(19)17(12)10-9-13-7-5-4-6-8-13/h4-8,12H,9-11H2,1-3H3. The largest absolute Gasteiger partial charge is 0.338 e. The number of likely N-dealkylation sites (tertiary alicyclic amines) is 1. The fraction of sp³-hybridized carbons (Fsp3) is 0.500. The van der Waals surface area contributed by atoms with Crippen LogP contribution in [0.2, 0.25) is 0 Å². The number of carbonyl (C=O) groups excluding carboxylic acids is 2. The number of piperidine rings is 1. The van der Waals surface area contributed by atoms with Gasteiger partial charge in [0.25, 0.3) is 0 Å². The van der Waals surface area contributed by atoms with E-state index in [-0.39, 0.29) is 17.7 Å². The lowest BCUT2D eigenvalue weighted by atomic mass is 9.79. The van der Waals surface area contributed by atoms with Crippen LogP contribution in [0, 0.1) is 5.41 Å². The van der Waals surface area contributed by atoms with E-state index >= 15 is 0 Å². The van der Waals surface area contributed by atoms with Crippen molar-refractivity contribution in [1.82, 2.24) is 4.90 Å². The van der Waals surface area contributed by atoms with Crippen LogP contribution < -0.4 is 0 Å². The summed E-state index contributed by atoms with van der Waals surface area (Å²) < 4.78 is 0. The highest BCUT2D eigenvalue weighted by Gasteiger charge is 2.45. The summed E-state index contributed by atoms with van der Waals surface area (Å²) in [5, 5.41) is 0. The second kappa shape index (κ2) is 5.16. The van der Waals surface area contributed by atoms with Crippen LogP contribution in [-0.2, 0) is 16.0 Å². The zero-order chi connectivity index (χ0) is 14.0. The second-order valence-electron chi connectivity index (χ2n) is 5.84. The first-order chi connectivity index (χ1) is 8.93. The number of Topliss-reactive ketones (excluding diaryl/α,β-unsaturated/α-hetero) is 1. The summed E-state index contributed by atoms with van der Waals surface area (Å²) in [6.07, 6.45) is 1.30. The highest BCUT2D eigenvalue weighted by atomic mass is 16.2. The summed E-state index contributed by atoms with van der Waals surface area (Å²) in [5.41, 5.74) is 0.362. The minimum Gasteiger partial charge on any atom is -0.338 e. The smallest absolute Gasteiger partial charge is 0.235 e. The lowest BCUT2D eigenvalue weighted by Crippen LogP contribution is -2.55. The van der Waals surface area contributed by atoms with E-state index in [2.05, 4.69) is 12.1 Å². The van der Waals surface area contributed by atoms with Gasteiger partial charge in [-0.25, -0.2) is 0 Å². The van der Waals surface area contributed by atoms with Crippen molar-refractivity contribution in [3.05, 3.63) is 35.9 Å². The number of rotatable bonds is 3. The summed E-state index contributed by atoms with van der Waals surface area (Å²) in [6, 6.07) is 10.1. The Bertz CT molecular complexity index is 479. The SMILES string of the molecule is CC1CC(=O)C(C)(C)C(=O)N1CCc1ccccc1. The maximum atomic E-state index is 12.4. The summed E-state index contributed by atoms with van der Waals surface area (Å²) in [4.78, 5) is 26.2. The number of carbonyl (C=O) groups is 2. The van der Waals surface area contributed by atoms with Gasteiger partial charge in [0.2, 0.25) is 5.91 Å². The van der Waals surface area contributed by atoms with Crippen molar-refractivity contribution >= 4 is 11.7 Å². The van der Waals surface area contributed by atoms with Crippen molar-refractivity contribution in [2.45, 2.75) is 39.7 Å². The Labute approximate surface area is 114 Å². The lowest BCUT2D eigenvalue weighted by molar-refractivity contribution is -0.155. The minimum atomic E-state index is -0.858. The maximum Gasteiger partial charge on any atom is 0.235 e. The Morgan fingerprint density at radius 3 is 2.47 bits per heavy atom. The van der Waals surface area contributed by atoms with Gasteiger partial charge in [0.1, 0.15) is 11.2 Å². The van der Waals surface area contributed by atoms with E-state index in [1.807, 2.05) is 30.0 Å². The van der Waals surface area contributed by atoms with Crippen LogP contribution in [0.15, 0.2) is 30.3 Å². The van der Waals surface area contributed by atoms with Gasteiger partial charge in [-0.2, -0.15) is 0 Å². The molecule has 102 valence electrons. The van der Waals surface area contributed by atoms with Gasteiger partial charge in [0.05, 0.1) is 0 Å². The number of amides is 1. The first kappa shape index (κ1) is 13.8. The Hall–Kier alpha value is -1.64. The molecule has 0 N–H and O–H groups in total. The van der Waals surface area contributed by atoms with E-state index in [1.54, 1.807) is 13.8 Å². The molecule has 1 aliphatic heterocycles. The first-order valence-corrected chi connectivity index (χ1v) is 6.81. The lowest BCUT2D eigenvalue weighted by Gasteiger charge is -2.40. The predicted octanol–water partition coefficient (Wildman–Crippen LogP) is 2.45. The zero-order valence-corrected chi connectivity index (χ0v) is 11.8. The van der Waals surface area contributed by atoms with Crippen molar-refractivity contribution in [3.8, 4) is 0 Å². The third kappa shape index (κ3) is 2.70. The number of hydrogen-bond donors (Lipinski definition) is 0. The van der Waals surface area contributed by atoms with Crippen LogP contribution in [-0.4, -0.2) is 29.2 Å². The third-order valence-corrected chi connectivity index (χ3v) is 3.99. The van der Waals surface area contributed by atoms with Gasteiger partial charge in [-0.1, -0.05) is 30.3 Å². The minimum absolute atomic E-state index is 0.0109. The Balaban J connectivity index is 2.07. The van der Waals surface area contributed by atoms with Crippen molar-refractivity contribution in [3.63, 3.8) is 0 Å². The quantitative estimate of drug-likeness (QED) is 0.782. The third-order valence-electron chi connectivity index (χ3n) is 3.99. The molecule has 1 atom stereocenters. The average Bonchev–Trinajstić information content (AvgIpc) is 2.38. The molecule has 19 heavy (non-hydrogen) atoms. The highest BCUT2D eigenvalue weighted by molar-refractivity contribution is 6.07. The van der Waals surface area contributed by atoms with E-state index in [0.717, 1.165) is 6.42 Å². The summed E-state index contributed by atoms with van der Waals surface area (Å²) in [6.45, 7) is 6.11.